The third-order valence-corrected chi connectivity index (χ3v) is 6.30. The van der Waals surface area contributed by atoms with Crippen LogP contribution in [-0.2, 0) is 24.1 Å². The molecule has 9 nitrogen and oxygen atoms in total. The number of aromatic nitrogens is 2. The maximum Gasteiger partial charge on any atom is 0.407 e. The van der Waals surface area contributed by atoms with Crippen molar-refractivity contribution in [3.63, 3.8) is 0 Å². The van der Waals surface area contributed by atoms with Gasteiger partial charge in [0.1, 0.15) is 5.76 Å². The Morgan fingerprint density at radius 2 is 2.19 bits per heavy atom. The summed E-state index contributed by atoms with van der Waals surface area (Å²) in [6, 6.07) is 0. The van der Waals surface area contributed by atoms with Gasteiger partial charge in [-0.3, -0.25) is 9.48 Å². The molecule has 3 aliphatic rings. The summed E-state index contributed by atoms with van der Waals surface area (Å²) in [5.74, 6) is 0.728. The van der Waals surface area contributed by atoms with Crippen molar-refractivity contribution in [2.24, 2.45) is 0 Å². The molecule has 2 aliphatic heterocycles. The minimum atomic E-state index is -1.62. The highest BCUT2D eigenvalue weighted by atomic mass is 19.1. The summed E-state index contributed by atoms with van der Waals surface area (Å²) in [5, 5.41) is 16.4. The van der Waals surface area contributed by atoms with E-state index in [1.54, 1.807) is 4.68 Å². The Bertz CT molecular complexity index is 1030. The van der Waals surface area contributed by atoms with Gasteiger partial charge in [-0.1, -0.05) is 0 Å². The molecule has 0 radical (unpaired) electrons. The summed E-state index contributed by atoms with van der Waals surface area (Å²) < 4.78 is 27.8. The van der Waals surface area contributed by atoms with Gasteiger partial charge >= 0.3 is 6.09 Å². The van der Waals surface area contributed by atoms with Gasteiger partial charge in [0.15, 0.2) is 11.4 Å². The number of carboxylic acid groups (broad SMARTS) is 1. The number of carbonyl (C=O) groups excluding carboxylic acids is 1. The number of ether oxygens (including phenoxy) is 1. The van der Waals surface area contributed by atoms with Crippen molar-refractivity contribution in [3.05, 3.63) is 28.8 Å². The van der Waals surface area contributed by atoms with Crippen molar-refractivity contribution < 1.29 is 28.2 Å². The Balaban J connectivity index is 1.33. The molecular formula is C21H25FN4O5. The predicted molar refractivity (Wildman–Crippen MR) is 107 cm³/mol. The number of carbonyl (C=O) groups is 2. The quantitative estimate of drug-likeness (QED) is 0.749. The van der Waals surface area contributed by atoms with Gasteiger partial charge in [0.05, 0.1) is 31.4 Å². The third-order valence-electron chi connectivity index (χ3n) is 6.30. The van der Waals surface area contributed by atoms with E-state index in [1.807, 2.05) is 13.1 Å². The summed E-state index contributed by atoms with van der Waals surface area (Å²) in [5.41, 5.74) is 1.59. The fourth-order valence-electron chi connectivity index (χ4n) is 4.72. The summed E-state index contributed by atoms with van der Waals surface area (Å²) in [7, 11) is 0. The van der Waals surface area contributed by atoms with Crippen molar-refractivity contribution in [1.29, 1.82) is 0 Å². The molecule has 1 aliphatic carbocycles. The standard InChI is InChI=1S/C21H25FN4O5/c1-12-16-15(31-18(12)19(27)23-7-14-3-2-6-30-14)5-4-13-8-26(24-17(13)16)11-21(22)9-25(10-21)20(28)29/h8,14H,2-7,9-11H2,1H3,(H,23,27)(H,28,29)/t14-/m0/s1. The molecule has 0 aromatic carbocycles. The number of rotatable bonds is 5. The Morgan fingerprint density at radius 1 is 1.39 bits per heavy atom. The van der Waals surface area contributed by atoms with Gasteiger partial charge in [-0.25, -0.2) is 9.18 Å². The molecule has 5 rings (SSSR count). The van der Waals surface area contributed by atoms with Crippen LogP contribution >= 0.6 is 0 Å². The lowest BCUT2D eigenvalue weighted by molar-refractivity contribution is -0.0331. The normalized spacial score (nSPS) is 21.4. The second-order valence-corrected chi connectivity index (χ2v) is 8.69. The van der Waals surface area contributed by atoms with Crippen LogP contribution in [-0.4, -0.2) is 69.8 Å². The average Bonchev–Trinajstić information content (AvgIpc) is 3.42. The molecule has 4 heterocycles. The number of amides is 2. The number of aryl methyl sites for hydroxylation is 2. The first-order chi connectivity index (χ1) is 14.8. The van der Waals surface area contributed by atoms with Crippen molar-refractivity contribution in [1.82, 2.24) is 20.0 Å². The van der Waals surface area contributed by atoms with Gasteiger partial charge in [-0.15, -0.1) is 0 Å². The molecule has 0 bridgehead atoms. The van der Waals surface area contributed by atoms with E-state index in [2.05, 4.69) is 10.4 Å². The average molecular weight is 432 g/mol. The van der Waals surface area contributed by atoms with Gasteiger partial charge in [-0.2, -0.15) is 5.10 Å². The second-order valence-electron chi connectivity index (χ2n) is 8.69. The number of hydrogen-bond donors (Lipinski definition) is 2. The number of alkyl halides is 1. The molecule has 2 N–H and O–H groups in total. The maximum absolute atomic E-state index is 14.8. The molecule has 2 aromatic heterocycles. The van der Waals surface area contributed by atoms with E-state index in [-0.39, 0.29) is 37.4 Å². The Morgan fingerprint density at radius 3 is 2.90 bits per heavy atom. The number of hydrogen-bond acceptors (Lipinski definition) is 5. The number of nitrogens with zero attached hydrogens (tertiary/aromatic N) is 3. The van der Waals surface area contributed by atoms with Crippen LogP contribution in [0.5, 0.6) is 0 Å². The number of halogens is 1. The van der Waals surface area contributed by atoms with Crippen LogP contribution in [0.1, 0.15) is 40.3 Å². The van der Waals surface area contributed by atoms with Crippen molar-refractivity contribution in [2.45, 2.75) is 50.9 Å². The monoisotopic (exact) mass is 432 g/mol. The largest absolute Gasteiger partial charge is 0.465 e. The van der Waals surface area contributed by atoms with E-state index in [0.717, 1.165) is 41.0 Å². The first-order valence-corrected chi connectivity index (χ1v) is 10.6. The van der Waals surface area contributed by atoms with Crippen LogP contribution in [0, 0.1) is 6.92 Å². The third kappa shape index (κ3) is 3.58. The Hall–Kier alpha value is -2.88. The van der Waals surface area contributed by atoms with Gasteiger partial charge in [0.2, 0.25) is 0 Å². The highest BCUT2D eigenvalue weighted by molar-refractivity contribution is 5.95. The van der Waals surface area contributed by atoms with Crippen molar-refractivity contribution in [3.8, 4) is 11.3 Å². The van der Waals surface area contributed by atoms with Crippen LogP contribution in [0.4, 0.5) is 9.18 Å². The summed E-state index contributed by atoms with van der Waals surface area (Å²) >= 11 is 0. The van der Waals surface area contributed by atoms with Crippen molar-refractivity contribution in [2.75, 3.05) is 26.2 Å². The summed E-state index contributed by atoms with van der Waals surface area (Å²) in [6.07, 6.45) is 4.02. The zero-order chi connectivity index (χ0) is 21.8. The van der Waals surface area contributed by atoms with Crippen LogP contribution in [0.15, 0.2) is 10.6 Å². The molecule has 0 unspecified atom stereocenters. The molecule has 2 amide bonds. The van der Waals surface area contributed by atoms with Gasteiger partial charge < -0.3 is 24.5 Å². The molecule has 10 heteroatoms. The van der Waals surface area contributed by atoms with Crippen LogP contribution in [0.2, 0.25) is 0 Å². The molecule has 2 aromatic rings. The molecule has 1 atom stereocenters. The molecule has 31 heavy (non-hydrogen) atoms. The predicted octanol–water partition coefficient (Wildman–Crippen LogP) is 2.16. The number of likely N-dealkylation sites (tertiary alicyclic amines) is 1. The highest BCUT2D eigenvalue weighted by Crippen LogP contribution is 2.39. The highest BCUT2D eigenvalue weighted by Gasteiger charge is 2.46. The van der Waals surface area contributed by atoms with E-state index in [9.17, 15) is 14.0 Å². The number of fused-ring (bicyclic) bond motifs is 3. The lowest BCUT2D eigenvalue weighted by Gasteiger charge is -2.42. The van der Waals surface area contributed by atoms with Crippen molar-refractivity contribution >= 4 is 12.0 Å². The van der Waals surface area contributed by atoms with Crippen LogP contribution in [0.3, 0.4) is 0 Å². The Kier molecular flexibility index (Phi) is 4.76. The first kappa shape index (κ1) is 20.0. The number of nitrogens with one attached hydrogen (secondary N) is 1. The molecule has 2 fully saturated rings. The smallest absolute Gasteiger partial charge is 0.407 e. The molecule has 0 spiro atoms. The lowest BCUT2D eigenvalue weighted by atomic mass is 9.93. The summed E-state index contributed by atoms with van der Waals surface area (Å²) in [4.78, 5) is 24.7. The van der Waals surface area contributed by atoms with Crippen LogP contribution in [0.25, 0.3) is 11.3 Å². The topological polar surface area (TPSA) is 110 Å². The fraction of sp³-hybridized carbons (Fsp3) is 0.571. The van der Waals surface area contributed by atoms with Crippen LogP contribution < -0.4 is 5.32 Å². The zero-order valence-corrected chi connectivity index (χ0v) is 17.3. The minimum absolute atomic E-state index is 0.00918. The minimum Gasteiger partial charge on any atom is -0.465 e. The molecular weight excluding hydrogens is 407 g/mol. The lowest BCUT2D eigenvalue weighted by Crippen LogP contribution is -2.62. The van der Waals surface area contributed by atoms with E-state index in [0.29, 0.717) is 30.8 Å². The van der Waals surface area contributed by atoms with E-state index < -0.39 is 11.8 Å². The van der Waals surface area contributed by atoms with E-state index >= 15 is 0 Å². The first-order valence-electron chi connectivity index (χ1n) is 10.6. The number of furan rings is 1. The Labute approximate surface area is 178 Å². The molecule has 2 saturated heterocycles. The maximum atomic E-state index is 14.8. The van der Waals surface area contributed by atoms with Gasteiger partial charge in [0, 0.05) is 36.9 Å². The van der Waals surface area contributed by atoms with Gasteiger partial charge in [-0.05, 0) is 31.7 Å². The molecule has 166 valence electrons. The second kappa shape index (κ2) is 7.37. The van der Waals surface area contributed by atoms with E-state index in [4.69, 9.17) is 14.3 Å². The zero-order valence-electron chi connectivity index (χ0n) is 17.3. The van der Waals surface area contributed by atoms with E-state index in [1.165, 1.54) is 0 Å². The SMILES string of the molecule is Cc1c(C(=O)NC[C@@H]2CCCO2)oc2c1-c1nn(CC3(F)CN(C(=O)O)C3)cc1CC2. The summed E-state index contributed by atoms with van der Waals surface area (Å²) in [6.45, 7) is 2.70. The fourth-order valence-corrected chi connectivity index (χ4v) is 4.72. The van der Waals surface area contributed by atoms with Gasteiger partial charge in [0.25, 0.3) is 5.91 Å². The molecule has 0 saturated carbocycles.